The highest BCUT2D eigenvalue weighted by Gasteiger charge is 2.10. The molecule has 0 aliphatic heterocycles. The molecule has 0 fully saturated rings. The quantitative estimate of drug-likeness (QED) is 0.601. The molecule has 0 radical (unpaired) electrons. The first-order valence-corrected chi connectivity index (χ1v) is 8.38. The molecule has 1 aromatic carbocycles. The Morgan fingerprint density at radius 1 is 1.28 bits per heavy atom. The molecule has 5 heteroatoms. The van der Waals surface area contributed by atoms with Crippen LogP contribution in [-0.4, -0.2) is 25.7 Å². The lowest BCUT2D eigenvalue weighted by molar-refractivity contribution is 0.339. The second-order valence-electron chi connectivity index (χ2n) is 5.78. The van der Waals surface area contributed by atoms with Crippen molar-refractivity contribution in [1.82, 2.24) is 4.98 Å². The van der Waals surface area contributed by atoms with Gasteiger partial charge < -0.3 is 14.4 Å². The Morgan fingerprint density at radius 3 is 2.68 bits per heavy atom. The maximum atomic E-state index is 6.20. The zero-order valence-electron chi connectivity index (χ0n) is 14.9. The van der Waals surface area contributed by atoms with E-state index in [0.717, 1.165) is 23.2 Å². The lowest BCUT2D eigenvalue weighted by Crippen LogP contribution is -2.08. The van der Waals surface area contributed by atoms with Gasteiger partial charge in [0.15, 0.2) is 0 Å². The predicted molar refractivity (Wildman–Crippen MR) is 104 cm³/mol. The number of pyridine rings is 1. The van der Waals surface area contributed by atoms with Crippen molar-refractivity contribution in [3.8, 4) is 17.4 Å². The third-order valence-electron chi connectivity index (χ3n) is 3.59. The summed E-state index contributed by atoms with van der Waals surface area (Å²) in [7, 11) is 3.91. The Kier molecular flexibility index (Phi) is 6.48. The van der Waals surface area contributed by atoms with Crippen molar-refractivity contribution in [2.75, 3.05) is 25.6 Å². The number of ether oxygens (including phenoxy) is 2. The summed E-state index contributed by atoms with van der Waals surface area (Å²) in [4.78, 5) is 6.28. The van der Waals surface area contributed by atoms with E-state index in [2.05, 4.69) is 18.1 Å². The molecule has 0 amide bonds. The normalized spacial score (nSPS) is 10.2. The molecule has 0 aliphatic carbocycles. The molecule has 25 heavy (non-hydrogen) atoms. The number of hydrogen-bond donors (Lipinski definition) is 0. The number of aromatic nitrogens is 1. The molecule has 132 valence electrons. The van der Waals surface area contributed by atoms with E-state index in [1.165, 1.54) is 0 Å². The Labute approximate surface area is 154 Å². The number of rotatable bonds is 8. The molecule has 2 aromatic rings. The summed E-state index contributed by atoms with van der Waals surface area (Å²) in [6.45, 7) is 9.88. The van der Waals surface area contributed by atoms with Gasteiger partial charge in [0, 0.05) is 48.7 Å². The third-order valence-corrected chi connectivity index (χ3v) is 3.81. The SMILES string of the molecule is C=CC(=C)COc1cc(Oc2cc(Cl)cc(N(C)C)c2)c(CC)cn1. The van der Waals surface area contributed by atoms with Crippen molar-refractivity contribution >= 4 is 17.3 Å². The van der Waals surface area contributed by atoms with Crippen LogP contribution in [0.5, 0.6) is 17.4 Å². The van der Waals surface area contributed by atoms with Crippen LogP contribution in [0.1, 0.15) is 12.5 Å². The summed E-state index contributed by atoms with van der Waals surface area (Å²) in [6.07, 6.45) is 4.22. The van der Waals surface area contributed by atoms with Gasteiger partial charge in [0.2, 0.25) is 5.88 Å². The van der Waals surface area contributed by atoms with Crippen LogP contribution < -0.4 is 14.4 Å². The van der Waals surface area contributed by atoms with E-state index >= 15 is 0 Å². The van der Waals surface area contributed by atoms with Gasteiger partial charge in [-0.3, -0.25) is 0 Å². The lowest BCUT2D eigenvalue weighted by Gasteiger charge is -2.16. The minimum atomic E-state index is 0.337. The summed E-state index contributed by atoms with van der Waals surface area (Å²) in [5.41, 5.74) is 2.74. The summed E-state index contributed by atoms with van der Waals surface area (Å²) >= 11 is 6.20. The van der Waals surface area contributed by atoms with Crippen LogP contribution >= 0.6 is 11.6 Å². The number of aryl methyl sites for hydroxylation is 1. The first kappa shape index (κ1) is 18.9. The van der Waals surface area contributed by atoms with E-state index in [1.54, 1.807) is 24.4 Å². The van der Waals surface area contributed by atoms with Crippen LogP contribution in [0.25, 0.3) is 0 Å². The van der Waals surface area contributed by atoms with Crippen molar-refractivity contribution < 1.29 is 9.47 Å². The molecule has 2 rings (SSSR count). The number of nitrogens with zero attached hydrogens (tertiary/aromatic N) is 2. The fraction of sp³-hybridized carbons (Fsp3) is 0.250. The number of anilines is 1. The minimum Gasteiger partial charge on any atom is -0.473 e. The summed E-state index contributed by atoms with van der Waals surface area (Å²) in [5, 5.41) is 0.618. The van der Waals surface area contributed by atoms with Gasteiger partial charge in [-0.2, -0.15) is 0 Å². The average Bonchev–Trinajstić information content (AvgIpc) is 2.59. The highest BCUT2D eigenvalue weighted by Crippen LogP contribution is 2.32. The van der Waals surface area contributed by atoms with Crippen LogP contribution in [-0.2, 0) is 6.42 Å². The average molecular weight is 359 g/mol. The van der Waals surface area contributed by atoms with Gasteiger partial charge in [-0.25, -0.2) is 4.98 Å². The van der Waals surface area contributed by atoms with Crippen molar-refractivity contribution in [2.45, 2.75) is 13.3 Å². The molecule has 0 saturated carbocycles. The Balaban J connectivity index is 2.28. The zero-order chi connectivity index (χ0) is 18.4. The minimum absolute atomic E-state index is 0.337. The Bertz CT molecular complexity index is 772. The smallest absolute Gasteiger partial charge is 0.217 e. The molecule has 0 atom stereocenters. The predicted octanol–water partition coefficient (Wildman–Crippen LogP) is 5.28. The van der Waals surface area contributed by atoms with Gasteiger partial charge in [0.1, 0.15) is 18.1 Å². The fourth-order valence-corrected chi connectivity index (χ4v) is 2.32. The van der Waals surface area contributed by atoms with E-state index in [0.29, 0.717) is 29.0 Å². The van der Waals surface area contributed by atoms with Crippen LogP contribution in [0.3, 0.4) is 0 Å². The van der Waals surface area contributed by atoms with E-state index in [9.17, 15) is 0 Å². The molecular formula is C20H23ClN2O2. The highest BCUT2D eigenvalue weighted by molar-refractivity contribution is 6.31. The summed E-state index contributed by atoms with van der Waals surface area (Å²) < 4.78 is 11.7. The monoisotopic (exact) mass is 358 g/mol. The molecule has 4 nitrogen and oxygen atoms in total. The molecule has 1 heterocycles. The summed E-state index contributed by atoms with van der Waals surface area (Å²) in [5.74, 6) is 1.84. The van der Waals surface area contributed by atoms with Crippen molar-refractivity contribution in [1.29, 1.82) is 0 Å². The van der Waals surface area contributed by atoms with Gasteiger partial charge in [-0.15, -0.1) is 0 Å². The van der Waals surface area contributed by atoms with Gasteiger partial charge in [0.05, 0.1) is 0 Å². The van der Waals surface area contributed by atoms with E-state index in [1.807, 2.05) is 38.1 Å². The van der Waals surface area contributed by atoms with Crippen molar-refractivity contribution in [2.24, 2.45) is 0 Å². The molecule has 0 unspecified atom stereocenters. The second kappa shape index (κ2) is 8.58. The molecule has 1 aromatic heterocycles. The lowest BCUT2D eigenvalue weighted by atomic mass is 10.2. The molecular weight excluding hydrogens is 336 g/mol. The number of halogens is 1. The van der Waals surface area contributed by atoms with Gasteiger partial charge in [0.25, 0.3) is 0 Å². The van der Waals surface area contributed by atoms with Crippen molar-refractivity contribution in [3.63, 3.8) is 0 Å². The van der Waals surface area contributed by atoms with Gasteiger partial charge >= 0.3 is 0 Å². The topological polar surface area (TPSA) is 34.6 Å². The van der Waals surface area contributed by atoms with Crippen LogP contribution in [0, 0.1) is 0 Å². The van der Waals surface area contributed by atoms with Crippen molar-refractivity contribution in [3.05, 3.63) is 65.9 Å². The Hall–Kier alpha value is -2.46. The molecule has 0 N–H and O–H groups in total. The fourth-order valence-electron chi connectivity index (χ4n) is 2.10. The van der Waals surface area contributed by atoms with Gasteiger partial charge in [-0.05, 0) is 24.1 Å². The van der Waals surface area contributed by atoms with Crippen LogP contribution in [0.2, 0.25) is 5.02 Å². The highest BCUT2D eigenvalue weighted by atomic mass is 35.5. The van der Waals surface area contributed by atoms with Crippen LogP contribution in [0.4, 0.5) is 5.69 Å². The molecule has 0 spiro atoms. The first-order valence-electron chi connectivity index (χ1n) is 8.00. The third kappa shape index (κ3) is 5.26. The van der Waals surface area contributed by atoms with E-state index in [4.69, 9.17) is 21.1 Å². The van der Waals surface area contributed by atoms with E-state index in [-0.39, 0.29) is 0 Å². The van der Waals surface area contributed by atoms with Gasteiger partial charge in [-0.1, -0.05) is 37.8 Å². The summed E-state index contributed by atoms with van der Waals surface area (Å²) in [6, 6.07) is 7.39. The Morgan fingerprint density at radius 2 is 2.04 bits per heavy atom. The maximum Gasteiger partial charge on any atom is 0.217 e. The maximum absolute atomic E-state index is 6.20. The molecule has 0 bridgehead atoms. The second-order valence-corrected chi connectivity index (χ2v) is 6.21. The standard InChI is InChI=1S/C20H23ClN2O2/c1-6-14(3)13-24-20-11-19(15(7-2)12-22-20)25-18-9-16(21)8-17(10-18)23(4)5/h6,8-12H,1,3,7,13H2,2,4-5H3. The van der Waals surface area contributed by atoms with E-state index < -0.39 is 0 Å². The number of benzene rings is 1. The first-order chi connectivity index (χ1) is 11.9. The molecule has 0 saturated heterocycles. The zero-order valence-corrected chi connectivity index (χ0v) is 15.6. The largest absolute Gasteiger partial charge is 0.473 e. The number of hydrogen-bond acceptors (Lipinski definition) is 4. The van der Waals surface area contributed by atoms with Crippen LogP contribution in [0.15, 0.2) is 55.3 Å². The molecule has 0 aliphatic rings.